The summed E-state index contributed by atoms with van der Waals surface area (Å²) in [6.45, 7) is 0.767. The highest BCUT2D eigenvalue weighted by atomic mass is 19.1. The molecule has 0 bridgehead atoms. The van der Waals surface area contributed by atoms with Crippen LogP contribution in [0.25, 0.3) is 0 Å². The van der Waals surface area contributed by atoms with E-state index in [9.17, 15) is 4.39 Å². The van der Waals surface area contributed by atoms with Crippen LogP contribution in [0.5, 0.6) is 5.75 Å². The second kappa shape index (κ2) is 7.19. The van der Waals surface area contributed by atoms with Crippen LogP contribution in [0.2, 0.25) is 0 Å². The van der Waals surface area contributed by atoms with E-state index < -0.39 is 5.82 Å². The molecule has 2 aromatic rings. The lowest BCUT2D eigenvalue weighted by atomic mass is 10.2. The Hall–Kier alpha value is -2.92. The summed E-state index contributed by atoms with van der Waals surface area (Å²) in [5.74, 6) is -0.358. The zero-order chi connectivity index (χ0) is 15.9. The van der Waals surface area contributed by atoms with Crippen molar-refractivity contribution in [2.24, 2.45) is 0 Å². The molecular weight excluding hydrogens is 289 g/mol. The van der Waals surface area contributed by atoms with Crippen molar-refractivity contribution in [3.63, 3.8) is 0 Å². The van der Waals surface area contributed by atoms with Crippen LogP contribution in [0.4, 0.5) is 21.8 Å². The number of halogens is 1. The lowest BCUT2D eigenvalue weighted by molar-refractivity contribution is 0.146. The predicted octanol–water partition coefficient (Wildman–Crippen LogP) is 1.84. The first-order valence-electron chi connectivity index (χ1n) is 6.35. The van der Waals surface area contributed by atoms with Gasteiger partial charge in [-0.3, -0.25) is 0 Å². The Kier molecular flexibility index (Phi) is 5.06. The number of rotatable bonds is 6. The molecule has 0 spiro atoms. The number of nitrogen functional groups attached to an aromatic ring is 1. The first-order chi connectivity index (χ1) is 10.6. The first-order valence-corrected chi connectivity index (χ1v) is 6.35. The second-order valence-corrected chi connectivity index (χ2v) is 4.22. The molecule has 2 rings (SSSR count). The van der Waals surface area contributed by atoms with Crippen molar-refractivity contribution < 1.29 is 13.9 Å². The van der Waals surface area contributed by atoms with E-state index in [1.807, 2.05) is 6.07 Å². The average molecular weight is 303 g/mol. The van der Waals surface area contributed by atoms with Crippen molar-refractivity contribution in [2.45, 2.75) is 0 Å². The highest BCUT2D eigenvalue weighted by molar-refractivity contribution is 5.60. The van der Waals surface area contributed by atoms with Crippen molar-refractivity contribution in [1.29, 1.82) is 5.26 Å². The Bertz CT molecular complexity index is 702. The van der Waals surface area contributed by atoms with E-state index in [-0.39, 0.29) is 11.8 Å². The summed E-state index contributed by atoms with van der Waals surface area (Å²) in [5.41, 5.74) is 6.27. The molecule has 0 aliphatic heterocycles. The van der Waals surface area contributed by atoms with E-state index in [1.54, 1.807) is 25.3 Å². The molecule has 1 aromatic carbocycles. The van der Waals surface area contributed by atoms with Crippen LogP contribution < -0.4 is 15.8 Å². The summed E-state index contributed by atoms with van der Waals surface area (Å²) in [4.78, 5) is 7.52. The van der Waals surface area contributed by atoms with Gasteiger partial charge in [0, 0.05) is 12.8 Å². The highest BCUT2D eigenvalue weighted by Gasteiger charge is 2.07. The number of aromatic nitrogens is 2. The fourth-order valence-electron chi connectivity index (χ4n) is 1.63. The third-order valence-corrected chi connectivity index (χ3v) is 2.67. The summed E-state index contributed by atoms with van der Waals surface area (Å²) >= 11 is 0. The lowest BCUT2D eigenvalue weighted by Gasteiger charge is -2.10. The third-order valence-electron chi connectivity index (χ3n) is 2.67. The number of benzene rings is 1. The quantitative estimate of drug-likeness (QED) is 0.784. The predicted molar refractivity (Wildman–Crippen MR) is 78.2 cm³/mol. The van der Waals surface area contributed by atoms with Gasteiger partial charge < -0.3 is 20.5 Å². The molecule has 0 aliphatic rings. The van der Waals surface area contributed by atoms with Gasteiger partial charge in [-0.25, -0.2) is 9.37 Å². The van der Waals surface area contributed by atoms with E-state index in [0.717, 1.165) is 6.20 Å². The molecule has 0 unspecified atom stereocenters. The third kappa shape index (κ3) is 3.80. The van der Waals surface area contributed by atoms with Crippen molar-refractivity contribution in [1.82, 2.24) is 9.97 Å². The number of nitrogens with zero attached hydrogens (tertiary/aromatic N) is 3. The summed E-state index contributed by atoms with van der Waals surface area (Å²) in [6, 6.07) is 6.94. The van der Waals surface area contributed by atoms with Crippen LogP contribution >= 0.6 is 0 Å². The first kappa shape index (κ1) is 15.5. The number of ether oxygens (including phenoxy) is 2. The zero-order valence-electron chi connectivity index (χ0n) is 11.8. The number of nitrogens with two attached hydrogens (primary N) is 1. The van der Waals surface area contributed by atoms with Gasteiger partial charge in [0.05, 0.1) is 18.4 Å². The molecular formula is C14H14FN5O2. The molecule has 0 atom stereocenters. The van der Waals surface area contributed by atoms with Crippen molar-refractivity contribution >= 4 is 17.5 Å². The number of methoxy groups -OCH3 is 1. The Balaban J connectivity index is 2.15. The van der Waals surface area contributed by atoms with Crippen LogP contribution in [-0.2, 0) is 4.74 Å². The van der Waals surface area contributed by atoms with Gasteiger partial charge in [0.25, 0.3) is 0 Å². The normalized spacial score (nSPS) is 10.0. The molecule has 0 saturated carbocycles. The monoisotopic (exact) mass is 303 g/mol. The molecule has 0 aliphatic carbocycles. The molecule has 8 heteroatoms. The average Bonchev–Trinajstić information content (AvgIpc) is 2.52. The van der Waals surface area contributed by atoms with Gasteiger partial charge in [0.15, 0.2) is 11.6 Å². The summed E-state index contributed by atoms with van der Waals surface area (Å²) < 4.78 is 23.3. The van der Waals surface area contributed by atoms with Gasteiger partial charge >= 0.3 is 0 Å². The fraction of sp³-hybridized carbons (Fsp3) is 0.214. The van der Waals surface area contributed by atoms with E-state index >= 15 is 0 Å². The Morgan fingerprint density at radius 1 is 1.41 bits per heavy atom. The highest BCUT2D eigenvalue weighted by Crippen LogP contribution is 2.24. The van der Waals surface area contributed by atoms with Gasteiger partial charge in [-0.15, -0.1) is 0 Å². The van der Waals surface area contributed by atoms with Gasteiger partial charge in [0.1, 0.15) is 18.4 Å². The summed E-state index contributed by atoms with van der Waals surface area (Å²) in [6.07, 6.45) is 0.970. The number of nitriles is 1. The number of nitrogens with one attached hydrogen (secondary N) is 1. The largest absolute Gasteiger partial charge is 0.490 e. The van der Waals surface area contributed by atoms with E-state index in [2.05, 4.69) is 15.3 Å². The number of anilines is 3. The van der Waals surface area contributed by atoms with Crippen LogP contribution in [0, 0.1) is 17.1 Å². The molecule has 0 fully saturated rings. The minimum atomic E-state index is -0.690. The Morgan fingerprint density at radius 3 is 2.91 bits per heavy atom. The van der Waals surface area contributed by atoms with Gasteiger partial charge in [-0.1, -0.05) is 0 Å². The van der Waals surface area contributed by atoms with Crippen molar-refractivity contribution in [2.75, 3.05) is 31.4 Å². The van der Waals surface area contributed by atoms with E-state index in [1.165, 1.54) is 0 Å². The molecule has 1 heterocycles. The maximum absolute atomic E-state index is 13.0. The van der Waals surface area contributed by atoms with Crippen LogP contribution in [0.3, 0.4) is 0 Å². The van der Waals surface area contributed by atoms with Gasteiger partial charge in [-0.2, -0.15) is 10.2 Å². The Labute approximate surface area is 126 Å². The summed E-state index contributed by atoms with van der Waals surface area (Å²) in [5, 5.41) is 12.0. The molecule has 1 aromatic heterocycles. The molecule has 22 heavy (non-hydrogen) atoms. The van der Waals surface area contributed by atoms with Crippen LogP contribution in [0.15, 0.2) is 24.4 Å². The topological polar surface area (TPSA) is 106 Å². The van der Waals surface area contributed by atoms with Crippen molar-refractivity contribution in [3.05, 3.63) is 35.8 Å². The Morgan fingerprint density at radius 2 is 2.23 bits per heavy atom. The standard InChI is InChI=1S/C14H14FN5O2/c1-21-4-5-22-12-3-2-10(6-9(12)7-16)19-14-18-8-11(15)13(17)20-14/h2-3,6,8H,4-5H2,1H3,(H3,17,18,19,20). The van der Waals surface area contributed by atoms with Crippen molar-refractivity contribution in [3.8, 4) is 11.8 Å². The number of hydrogen-bond donors (Lipinski definition) is 2. The molecule has 7 nitrogen and oxygen atoms in total. The van der Waals surface area contributed by atoms with Gasteiger partial charge in [-0.05, 0) is 18.2 Å². The lowest BCUT2D eigenvalue weighted by Crippen LogP contribution is -2.06. The summed E-state index contributed by atoms with van der Waals surface area (Å²) in [7, 11) is 1.57. The molecule has 3 N–H and O–H groups in total. The maximum Gasteiger partial charge on any atom is 0.229 e. The van der Waals surface area contributed by atoms with Crippen LogP contribution in [0.1, 0.15) is 5.56 Å². The van der Waals surface area contributed by atoms with E-state index in [0.29, 0.717) is 30.2 Å². The smallest absolute Gasteiger partial charge is 0.229 e. The van der Waals surface area contributed by atoms with E-state index in [4.69, 9.17) is 20.5 Å². The fourth-order valence-corrected chi connectivity index (χ4v) is 1.63. The second-order valence-electron chi connectivity index (χ2n) is 4.22. The molecule has 0 saturated heterocycles. The zero-order valence-corrected chi connectivity index (χ0v) is 11.8. The number of hydrogen-bond acceptors (Lipinski definition) is 7. The van der Waals surface area contributed by atoms with Crippen LogP contribution in [-0.4, -0.2) is 30.3 Å². The molecule has 0 radical (unpaired) electrons. The molecule has 0 amide bonds. The van der Waals surface area contributed by atoms with Gasteiger partial charge in [0.2, 0.25) is 5.95 Å². The molecule has 114 valence electrons. The maximum atomic E-state index is 13.0. The minimum Gasteiger partial charge on any atom is -0.490 e. The SMILES string of the molecule is COCCOc1ccc(Nc2ncc(F)c(N)n2)cc1C#N. The minimum absolute atomic E-state index is 0.135.